The van der Waals surface area contributed by atoms with Crippen molar-refractivity contribution in [3.05, 3.63) is 77.5 Å². The summed E-state index contributed by atoms with van der Waals surface area (Å²) < 4.78 is 56.0. The molecule has 0 amide bonds. The topological polar surface area (TPSA) is 51.1 Å². The van der Waals surface area contributed by atoms with Crippen LogP contribution in [0.2, 0.25) is 0 Å². The van der Waals surface area contributed by atoms with Crippen molar-refractivity contribution in [3.8, 4) is 11.3 Å². The van der Waals surface area contributed by atoms with Gasteiger partial charge in [-0.15, -0.1) is 12.4 Å². The van der Waals surface area contributed by atoms with Gasteiger partial charge in [-0.3, -0.25) is 0 Å². The Morgan fingerprint density at radius 1 is 1.07 bits per heavy atom. The first-order chi connectivity index (χ1) is 12.9. The third-order valence-corrected chi connectivity index (χ3v) is 6.71. The van der Waals surface area contributed by atoms with Gasteiger partial charge in [-0.25, -0.2) is 21.2 Å². The van der Waals surface area contributed by atoms with Gasteiger partial charge in [-0.05, 0) is 61.9 Å². The molecule has 1 heterocycles. The Morgan fingerprint density at radius 2 is 1.82 bits per heavy atom. The molecule has 148 valence electrons. The number of rotatable bonds is 4. The smallest absolute Gasteiger partial charge is 0.268 e. The van der Waals surface area contributed by atoms with Crippen LogP contribution in [0.15, 0.2) is 59.5 Å². The minimum Gasteiger partial charge on any atom is -0.313 e. The highest BCUT2D eigenvalue weighted by molar-refractivity contribution is 7.90. The van der Waals surface area contributed by atoms with E-state index < -0.39 is 21.7 Å². The quantitative estimate of drug-likeness (QED) is 0.679. The molecule has 8 heteroatoms. The van der Waals surface area contributed by atoms with Crippen molar-refractivity contribution in [2.24, 2.45) is 0 Å². The average molecular weight is 425 g/mol. The number of halogens is 3. The summed E-state index contributed by atoms with van der Waals surface area (Å²) in [4.78, 5) is -0.161. The fourth-order valence-corrected chi connectivity index (χ4v) is 5.32. The fourth-order valence-electron chi connectivity index (χ4n) is 3.70. The van der Waals surface area contributed by atoms with Gasteiger partial charge < -0.3 is 5.32 Å². The molecule has 1 aliphatic rings. The Kier molecular flexibility index (Phi) is 5.61. The van der Waals surface area contributed by atoms with Crippen LogP contribution in [-0.4, -0.2) is 19.4 Å². The van der Waals surface area contributed by atoms with E-state index in [-0.39, 0.29) is 34.6 Å². The summed E-state index contributed by atoms with van der Waals surface area (Å²) >= 11 is 0. The number of benzene rings is 2. The lowest BCUT2D eigenvalue weighted by molar-refractivity contribution is 0.578. The largest absolute Gasteiger partial charge is 0.313 e. The molecule has 0 saturated carbocycles. The highest BCUT2D eigenvalue weighted by Crippen LogP contribution is 2.40. The highest BCUT2D eigenvalue weighted by Gasteiger charge is 2.33. The maximum Gasteiger partial charge on any atom is 0.268 e. The molecule has 1 N–H and O–H groups in total. The van der Waals surface area contributed by atoms with Crippen molar-refractivity contribution in [3.63, 3.8) is 0 Å². The molecule has 1 atom stereocenters. The predicted molar refractivity (Wildman–Crippen MR) is 106 cm³/mol. The number of hydrogen-bond acceptors (Lipinski definition) is 3. The second kappa shape index (κ2) is 7.66. The lowest BCUT2D eigenvalue weighted by atomic mass is 10.1. The molecule has 0 unspecified atom stereocenters. The fraction of sp³-hybridized carbons (Fsp3) is 0.200. The number of aromatic nitrogens is 1. The molecule has 0 saturated heterocycles. The lowest BCUT2D eigenvalue weighted by Crippen LogP contribution is -2.17. The molecule has 1 aromatic heterocycles. The molecule has 0 fully saturated rings. The number of nitrogens with zero attached hydrogens (tertiary/aromatic N) is 1. The lowest BCUT2D eigenvalue weighted by Gasteiger charge is -2.14. The van der Waals surface area contributed by atoms with E-state index >= 15 is 0 Å². The molecule has 3 aromatic rings. The van der Waals surface area contributed by atoms with E-state index in [9.17, 15) is 17.2 Å². The van der Waals surface area contributed by atoms with Crippen LogP contribution in [0.3, 0.4) is 0 Å². The molecule has 4 nitrogen and oxygen atoms in total. The first kappa shape index (κ1) is 20.5. The Bertz CT molecular complexity index is 1130. The Labute approximate surface area is 168 Å². The van der Waals surface area contributed by atoms with Gasteiger partial charge >= 0.3 is 0 Å². The number of fused-ring (bicyclic) bond motifs is 1. The van der Waals surface area contributed by atoms with Crippen molar-refractivity contribution in [2.45, 2.75) is 23.8 Å². The Balaban J connectivity index is 0.00000225. The van der Waals surface area contributed by atoms with Gasteiger partial charge in [0, 0.05) is 17.3 Å². The van der Waals surface area contributed by atoms with Gasteiger partial charge in [0.2, 0.25) is 0 Å². The zero-order chi connectivity index (χ0) is 19.2. The average Bonchev–Trinajstić information content (AvgIpc) is 3.20. The van der Waals surface area contributed by atoms with Crippen molar-refractivity contribution in [2.75, 3.05) is 7.05 Å². The normalized spacial score (nSPS) is 15.9. The molecule has 0 radical (unpaired) electrons. The third kappa shape index (κ3) is 3.23. The minimum atomic E-state index is -4.09. The molecule has 0 spiro atoms. The second-order valence-corrected chi connectivity index (χ2v) is 8.30. The van der Waals surface area contributed by atoms with E-state index in [4.69, 9.17) is 0 Å². The Hall–Kier alpha value is -2.22. The van der Waals surface area contributed by atoms with Gasteiger partial charge in [0.25, 0.3) is 10.0 Å². The van der Waals surface area contributed by atoms with E-state index in [0.717, 1.165) is 18.1 Å². The highest BCUT2D eigenvalue weighted by atomic mass is 35.5. The van der Waals surface area contributed by atoms with Gasteiger partial charge in [-0.2, -0.15) is 0 Å². The predicted octanol–water partition coefficient (Wildman–Crippen LogP) is 4.30. The van der Waals surface area contributed by atoms with Gasteiger partial charge in [-0.1, -0.05) is 18.2 Å². The molecule has 0 bridgehead atoms. The molecule has 1 aliphatic carbocycles. The molecule has 0 aliphatic heterocycles. The summed E-state index contributed by atoms with van der Waals surface area (Å²) in [7, 11) is -2.28. The van der Waals surface area contributed by atoms with E-state index in [1.54, 1.807) is 31.3 Å². The zero-order valence-corrected chi connectivity index (χ0v) is 16.7. The van der Waals surface area contributed by atoms with Gasteiger partial charge in [0.1, 0.15) is 11.6 Å². The standard InChI is InChI=1S/C20H18F2N2O2S.ClH/c1-23-18-9-10-19-16(18)12-20(15-7-2-3-8-17(15)22)24(19)27(25,26)14-6-4-5-13(21)11-14;/h2-8,11-12,18,23H,9-10H2,1H3;1H/t18-;/m1./s1. The SMILES string of the molecule is CN[C@@H]1CCc2c1cc(-c1ccccc1F)n2S(=O)(=O)c1cccc(F)c1.Cl. The molecular formula is C20H19ClF2N2O2S. The van der Waals surface area contributed by atoms with Crippen molar-refractivity contribution >= 4 is 22.4 Å². The van der Waals surface area contributed by atoms with E-state index in [1.807, 2.05) is 0 Å². The molecular weight excluding hydrogens is 406 g/mol. The van der Waals surface area contributed by atoms with Crippen LogP contribution in [0.4, 0.5) is 8.78 Å². The summed E-state index contributed by atoms with van der Waals surface area (Å²) in [5.41, 5.74) is 1.89. The van der Waals surface area contributed by atoms with Crippen LogP contribution >= 0.6 is 12.4 Å². The Morgan fingerprint density at radius 3 is 2.50 bits per heavy atom. The zero-order valence-electron chi connectivity index (χ0n) is 15.0. The van der Waals surface area contributed by atoms with Crippen LogP contribution in [0.5, 0.6) is 0 Å². The number of nitrogens with one attached hydrogen (secondary N) is 1. The van der Waals surface area contributed by atoms with E-state index in [0.29, 0.717) is 12.1 Å². The molecule has 4 rings (SSSR count). The first-order valence-corrected chi connectivity index (χ1v) is 10.1. The van der Waals surface area contributed by atoms with Crippen LogP contribution in [0, 0.1) is 11.6 Å². The number of hydrogen-bond donors (Lipinski definition) is 1. The van der Waals surface area contributed by atoms with Crippen LogP contribution in [0.1, 0.15) is 23.7 Å². The summed E-state index contributed by atoms with van der Waals surface area (Å²) in [6.07, 6.45) is 1.28. The maximum absolute atomic E-state index is 14.5. The summed E-state index contributed by atoms with van der Waals surface area (Å²) in [5.74, 6) is -1.15. The maximum atomic E-state index is 14.5. The van der Waals surface area contributed by atoms with Crippen molar-refractivity contribution in [1.29, 1.82) is 0 Å². The minimum absolute atomic E-state index is 0. The van der Waals surface area contributed by atoms with Crippen molar-refractivity contribution in [1.82, 2.24) is 9.29 Å². The van der Waals surface area contributed by atoms with Crippen LogP contribution in [0.25, 0.3) is 11.3 Å². The molecule has 28 heavy (non-hydrogen) atoms. The summed E-state index contributed by atoms with van der Waals surface area (Å²) in [6, 6.07) is 12.6. The summed E-state index contributed by atoms with van der Waals surface area (Å²) in [5, 5.41) is 3.17. The van der Waals surface area contributed by atoms with E-state index in [2.05, 4.69) is 5.32 Å². The van der Waals surface area contributed by atoms with Crippen LogP contribution < -0.4 is 5.32 Å². The van der Waals surface area contributed by atoms with Crippen molar-refractivity contribution < 1.29 is 17.2 Å². The monoisotopic (exact) mass is 424 g/mol. The third-order valence-electron chi connectivity index (χ3n) is 4.97. The van der Waals surface area contributed by atoms with Gasteiger partial charge in [0.15, 0.2) is 0 Å². The second-order valence-electron chi connectivity index (χ2n) is 6.52. The van der Waals surface area contributed by atoms with E-state index in [1.165, 1.54) is 28.2 Å². The van der Waals surface area contributed by atoms with Crippen LogP contribution in [-0.2, 0) is 16.4 Å². The van der Waals surface area contributed by atoms with Gasteiger partial charge in [0.05, 0.1) is 10.6 Å². The molecule has 2 aromatic carbocycles. The summed E-state index contributed by atoms with van der Waals surface area (Å²) in [6.45, 7) is 0. The first-order valence-electron chi connectivity index (χ1n) is 8.61.